The molecule has 0 radical (unpaired) electrons. The predicted octanol–water partition coefficient (Wildman–Crippen LogP) is 2.94. The second kappa shape index (κ2) is 7.06. The number of halogens is 1. The summed E-state index contributed by atoms with van der Waals surface area (Å²) in [6, 6.07) is 3.45. The number of esters is 1. The Bertz CT molecular complexity index is 1060. The van der Waals surface area contributed by atoms with E-state index in [1.54, 1.807) is 12.3 Å². The van der Waals surface area contributed by atoms with Crippen molar-refractivity contribution in [2.45, 2.75) is 31.7 Å². The average molecular weight is 396 g/mol. The van der Waals surface area contributed by atoms with Crippen LogP contribution in [0.5, 0.6) is 0 Å². The summed E-state index contributed by atoms with van der Waals surface area (Å²) >= 11 is 0. The zero-order valence-corrected chi connectivity index (χ0v) is 15.9. The van der Waals surface area contributed by atoms with E-state index < -0.39 is 5.82 Å². The molecule has 3 aromatic rings. The summed E-state index contributed by atoms with van der Waals surface area (Å²) in [7, 11) is 1.40. The molecule has 3 fully saturated rings. The van der Waals surface area contributed by atoms with Crippen molar-refractivity contribution in [2.24, 2.45) is 17.8 Å². The molecule has 0 spiro atoms. The molecule has 2 atom stereocenters. The largest absolute Gasteiger partial charge is 0.469 e. The van der Waals surface area contributed by atoms with Crippen molar-refractivity contribution in [2.75, 3.05) is 12.4 Å². The smallest absolute Gasteiger partial charge is 0.311 e. The molecule has 9 heteroatoms. The first-order chi connectivity index (χ1) is 14.2. The third kappa shape index (κ3) is 3.01. The van der Waals surface area contributed by atoms with Crippen LogP contribution in [0.3, 0.4) is 0 Å². The normalized spacial score (nSPS) is 25.9. The number of nitrogens with one attached hydrogen (secondary N) is 2. The van der Waals surface area contributed by atoms with Crippen molar-refractivity contribution in [1.29, 1.82) is 0 Å². The molecule has 3 aliphatic rings. The number of fused-ring (bicyclic) bond motifs is 4. The summed E-state index contributed by atoms with van der Waals surface area (Å²) in [4.78, 5) is 25.2. The molecule has 29 heavy (non-hydrogen) atoms. The van der Waals surface area contributed by atoms with Crippen molar-refractivity contribution in [3.63, 3.8) is 0 Å². The van der Waals surface area contributed by atoms with E-state index in [9.17, 15) is 9.18 Å². The highest BCUT2D eigenvalue weighted by atomic mass is 19.1. The van der Waals surface area contributed by atoms with E-state index in [1.165, 1.54) is 7.11 Å². The van der Waals surface area contributed by atoms with Crippen LogP contribution in [0.4, 0.5) is 10.2 Å². The first-order valence-corrected chi connectivity index (χ1v) is 9.82. The summed E-state index contributed by atoms with van der Waals surface area (Å²) in [5.74, 6) is -0.160. The minimum absolute atomic E-state index is 0.0847. The molecule has 0 amide bonds. The Kier molecular flexibility index (Phi) is 4.37. The Hall–Kier alpha value is -3.10. The summed E-state index contributed by atoms with van der Waals surface area (Å²) in [6.45, 7) is 0. The van der Waals surface area contributed by atoms with Crippen molar-refractivity contribution >= 4 is 22.8 Å². The lowest BCUT2D eigenvalue weighted by Crippen LogP contribution is -2.52. The van der Waals surface area contributed by atoms with Gasteiger partial charge in [0.15, 0.2) is 23.1 Å². The number of hydrogen-bond donors (Lipinski definition) is 2. The number of methoxy groups -OCH3 is 1. The van der Waals surface area contributed by atoms with Gasteiger partial charge in [0.1, 0.15) is 5.69 Å². The number of carbonyl (C=O) groups excluding carboxylic acids is 1. The number of anilines is 1. The second-order valence-electron chi connectivity index (χ2n) is 7.76. The lowest BCUT2D eigenvalue weighted by molar-refractivity contribution is -0.152. The Morgan fingerprint density at radius 2 is 2.03 bits per heavy atom. The third-order valence-corrected chi connectivity index (χ3v) is 6.29. The van der Waals surface area contributed by atoms with Crippen molar-refractivity contribution in [3.8, 4) is 11.5 Å². The molecule has 0 aromatic carbocycles. The maximum absolute atomic E-state index is 14.6. The lowest BCUT2D eigenvalue weighted by atomic mass is 9.61. The van der Waals surface area contributed by atoms with Gasteiger partial charge in [0.2, 0.25) is 0 Å². The molecule has 6 rings (SSSR count). The molecule has 150 valence electrons. The van der Waals surface area contributed by atoms with Crippen LogP contribution < -0.4 is 5.32 Å². The number of ether oxygens (including phenoxy) is 1. The summed E-state index contributed by atoms with van der Waals surface area (Å²) in [6.07, 6.45) is 6.85. The maximum atomic E-state index is 14.6. The van der Waals surface area contributed by atoms with Gasteiger partial charge in [0.05, 0.1) is 24.6 Å². The number of carbonyl (C=O) groups is 1. The fourth-order valence-corrected chi connectivity index (χ4v) is 4.90. The van der Waals surface area contributed by atoms with E-state index in [1.807, 2.05) is 6.07 Å². The molecule has 8 nitrogen and oxygen atoms in total. The molecular weight excluding hydrogens is 375 g/mol. The van der Waals surface area contributed by atoms with Crippen LogP contribution in [0.15, 0.2) is 24.5 Å². The lowest BCUT2D eigenvalue weighted by Gasteiger charge is -2.47. The van der Waals surface area contributed by atoms with Crippen LogP contribution in [0.1, 0.15) is 25.7 Å². The molecule has 3 saturated carbocycles. The number of nitrogens with zero attached hydrogens (tertiary/aromatic N) is 4. The molecular formula is C20H21FN6O2. The van der Waals surface area contributed by atoms with Crippen molar-refractivity contribution in [1.82, 2.24) is 25.1 Å². The zero-order valence-electron chi connectivity index (χ0n) is 15.9. The van der Waals surface area contributed by atoms with E-state index in [4.69, 9.17) is 4.74 Å². The Morgan fingerprint density at radius 3 is 2.83 bits per heavy atom. The zero-order chi connectivity index (χ0) is 20.0. The number of aromatic amines is 1. The van der Waals surface area contributed by atoms with Gasteiger partial charge in [0.25, 0.3) is 0 Å². The van der Waals surface area contributed by atoms with Crippen molar-refractivity contribution < 1.29 is 13.9 Å². The molecule has 2 N–H and O–H groups in total. The number of rotatable bonds is 4. The highest BCUT2D eigenvalue weighted by Gasteiger charge is 2.48. The van der Waals surface area contributed by atoms with Crippen LogP contribution >= 0.6 is 0 Å². The first-order valence-electron chi connectivity index (χ1n) is 9.82. The Balaban J connectivity index is 1.50. The molecule has 3 aliphatic carbocycles. The first kappa shape index (κ1) is 18.0. The minimum Gasteiger partial charge on any atom is -0.469 e. The monoisotopic (exact) mass is 396 g/mol. The van der Waals surface area contributed by atoms with Crippen LogP contribution in [-0.2, 0) is 9.53 Å². The average Bonchev–Trinajstić information content (AvgIpc) is 3.20. The Labute approximate surface area is 166 Å². The fraction of sp³-hybridized carbons (Fsp3) is 0.450. The van der Waals surface area contributed by atoms with Crippen LogP contribution in [0, 0.1) is 23.6 Å². The molecule has 0 aliphatic heterocycles. The highest BCUT2D eigenvalue weighted by molar-refractivity contribution is 5.88. The van der Waals surface area contributed by atoms with Gasteiger partial charge < -0.3 is 10.1 Å². The van der Waals surface area contributed by atoms with E-state index >= 15 is 0 Å². The van der Waals surface area contributed by atoms with E-state index in [0.717, 1.165) is 37.3 Å². The van der Waals surface area contributed by atoms with Gasteiger partial charge in [-0.3, -0.25) is 9.89 Å². The maximum Gasteiger partial charge on any atom is 0.311 e. The van der Waals surface area contributed by atoms with E-state index in [0.29, 0.717) is 17.2 Å². The van der Waals surface area contributed by atoms with Crippen LogP contribution in [0.2, 0.25) is 0 Å². The van der Waals surface area contributed by atoms with E-state index in [-0.39, 0.29) is 35.6 Å². The second-order valence-corrected chi connectivity index (χ2v) is 7.76. The fourth-order valence-electron chi connectivity index (χ4n) is 4.90. The number of hydrogen-bond acceptors (Lipinski definition) is 7. The van der Waals surface area contributed by atoms with Crippen LogP contribution in [0.25, 0.3) is 22.6 Å². The molecule has 1 unspecified atom stereocenters. The predicted molar refractivity (Wildman–Crippen MR) is 103 cm³/mol. The van der Waals surface area contributed by atoms with E-state index in [2.05, 4.69) is 30.5 Å². The third-order valence-electron chi connectivity index (χ3n) is 6.29. The summed E-state index contributed by atoms with van der Waals surface area (Å²) in [5, 5.41) is 11.1. The van der Waals surface area contributed by atoms with Gasteiger partial charge >= 0.3 is 5.97 Å². The summed E-state index contributed by atoms with van der Waals surface area (Å²) < 4.78 is 19.6. The molecule has 0 saturated heterocycles. The summed E-state index contributed by atoms with van der Waals surface area (Å²) in [5.41, 5.74) is 1.12. The number of H-pyrrole nitrogens is 1. The Morgan fingerprint density at radius 1 is 1.24 bits per heavy atom. The number of aromatic nitrogens is 5. The topological polar surface area (TPSA) is 106 Å². The molecule has 3 heterocycles. The van der Waals surface area contributed by atoms with Gasteiger partial charge in [-0.15, -0.1) is 0 Å². The molecule has 3 aromatic heterocycles. The van der Waals surface area contributed by atoms with Gasteiger partial charge in [0, 0.05) is 12.2 Å². The van der Waals surface area contributed by atoms with Gasteiger partial charge in [-0.25, -0.2) is 19.3 Å². The highest BCUT2D eigenvalue weighted by Crippen LogP contribution is 2.46. The minimum atomic E-state index is -0.559. The molecule has 2 bridgehead atoms. The quantitative estimate of drug-likeness (QED) is 0.653. The standard InChI is InChI=1S/C20H21FN6O2/c1-29-20(28)14-10-4-6-11(7-5-10)15(14)24-18-13(21)9-23-19(25-18)16-12-3-2-8-22-17(12)27-26-16/h2-3,8-11,14-15H,4-7H2,1H3,(H,22,26,27)(H,23,24,25)/t10?,11?,14-,15?/m1/s1. The van der Waals surface area contributed by atoms with Gasteiger partial charge in [-0.1, -0.05) is 0 Å². The van der Waals surface area contributed by atoms with Gasteiger partial charge in [-0.2, -0.15) is 5.10 Å². The van der Waals surface area contributed by atoms with Gasteiger partial charge in [-0.05, 0) is 49.7 Å². The number of pyridine rings is 1. The SMILES string of the molecule is COC(=O)[C@@H]1C2CCC(CC2)C1Nc1nc(-c2n[nH]c3ncccc23)ncc1F. The van der Waals surface area contributed by atoms with Crippen LogP contribution in [-0.4, -0.2) is 44.3 Å². The van der Waals surface area contributed by atoms with Crippen molar-refractivity contribution in [3.05, 3.63) is 30.3 Å².